The predicted octanol–water partition coefficient (Wildman–Crippen LogP) is 0.791. The fourth-order valence-corrected chi connectivity index (χ4v) is 5.77. The van der Waals surface area contributed by atoms with Crippen LogP contribution < -0.4 is 35.2 Å². The number of fused-ring (bicyclic) bond motifs is 2. The van der Waals surface area contributed by atoms with Crippen LogP contribution in [0.4, 0.5) is 5.82 Å². The lowest BCUT2D eigenvalue weighted by molar-refractivity contribution is -0.642. The van der Waals surface area contributed by atoms with E-state index in [1.165, 1.54) is 21.6 Å². The first-order chi connectivity index (χ1) is 15.0. The van der Waals surface area contributed by atoms with Crippen molar-refractivity contribution in [2.45, 2.75) is 13.5 Å². The number of para-hydroxylation sites is 1. The highest BCUT2D eigenvalue weighted by molar-refractivity contribution is 7.19. The van der Waals surface area contributed by atoms with Crippen LogP contribution in [0, 0.1) is 0 Å². The van der Waals surface area contributed by atoms with E-state index in [2.05, 4.69) is 34.8 Å². The Morgan fingerprint density at radius 3 is 2.84 bits per heavy atom. The minimum Gasteiger partial charge on any atom is -0.435 e. The van der Waals surface area contributed by atoms with Gasteiger partial charge in [0, 0.05) is 31.9 Å². The van der Waals surface area contributed by atoms with Crippen molar-refractivity contribution in [3.63, 3.8) is 0 Å². The van der Waals surface area contributed by atoms with Gasteiger partial charge < -0.3 is 9.32 Å². The van der Waals surface area contributed by atoms with Crippen LogP contribution in [0.3, 0.4) is 0 Å². The maximum Gasteiger partial charge on any atom is 0.269 e. The van der Waals surface area contributed by atoms with Gasteiger partial charge in [-0.25, -0.2) is 0 Å². The summed E-state index contributed by atoms with van der Waals surface area (Å²) >= 11 is 3.20. The van der Waals surface area contributed by atoms with Crippen molar-refractivity contribution in [2.75, 3.05) is 11.9 Å². The summed E-state index contributed by atoms with van der Waals surface area (Å²) in [6.07, 6.45) is 11.4. The first kappa shape index (κ1) is 19.7. The number of rotatable bonds is 3. The van der Waals surface area contributed by atoms with Gasteiger partial charge in [-0.05, 0) is 31.2 Å². The zero-order valence-corrected chi connectivity index (χ0v) is 19.0. The molecular weight excluding hydrogens is 428 g/mol. The highest BCUT2D eigenvalue weighted by atomic mass is 32.1. The van der Waals surface area contributed by atoms with Gasteiger partial charge in [0.2, 0.25) is 11.1 Å². The SMILES string of the molecule is CCn1c(=O)/c(=C/C=c2/nc3c(o2)=CC=CN3C)s/c1=C\c1sc2ccccc2[n+]1C. The molecule has 8 heteroatoms. The molecule has 1 aliphatic rings. The second-order valence-corrected chi connectivity index (χ2v) is 9.28. The summed E-state index contributed by atoms with van der Waals surface area (Å²) in [4.78, 5) is 19.4. The molecule has 31 heavy (non-hydrogen) atoms. The third kappa shape index (κ3) is 3.47. The van der Waals surface area contributed by atoms with E-state index in [1.54, 1.807) is 28.1 Å². The van der Waals surface area contributed by atoms with E-state index >= 15 is 0 Å². The van der Waals surface area contributed by atoms with Crippen LogP contribution in [0.5, 0.6) is 0 Å². The molecule has 3 aromatic heterocycles. The van der Waals surface area contributed by atoms with Gasteiger partial charge in [0.25, 0.3) is 10.6 Å². The van der Waals surface area contributed by atoms with Gasteiger partial charge in [-0.15, -0.1) is 11.3 Å². The van der Waals surface area contributed by atoms with E-state index in [0.29, 0.717) is 22.0 Å². The van der Waals surface area contributed by atoms with Crippen LogP contribution in [0.2, 0.25) is 0 Å². The molecule has 1 aliphatic heterocycles. The van der Waals surface area contributed by atoms with Crippen LogP contribution >= 0.6 is 22.7 Å². The van der Waals surface area contributed by atoms with Crippen molar-refractivity contribution in [1.29, 1.82) is 0 Å². The van der Waals surface area contributed by atoms with Gasteiger partial charge in [-0.3, -0.25) is 9.36 Å². The summed E-state index contributed by atoms with van der Waals surface area (Å²) in [5, 5.41) is 1.10. The monoisotopic (exact) mass is 449 g/mol. The number of aromatic nitrogens is 3. The number of allylic oxidation sites excluding steroid dienone is 1. The summed E-state index contributed by atoms with van der Waals surface area (Å²) in [5.41, 5.74) is 2.38. The average molecular weight is 450 g/mol. The first-order valence-corrected chi connectivity index (χ1v) is 11.6. The third-order valence-electron chi connectivity index (χ3n) is 5.19. The molecule has 0 fully saturated rings. The number of thiazole rings is 2. The number of hydrogen-bond donors (Lipinski definition) is 0. The fourth-order valence-electron chi connectivity index (χ4n) is 3.56. The van der Waals surface area contributed by atoms with Crippen LogP contribution in [0.25, 0.3) is 34.5 Å². The molecule has 0 aliphatic carbocycles. The lowest BCUT2D eigenvalue weighted by Crippen LogP contribution is -2.32. The van der Waals surface area contributed by atoms with Crippen molar-refractivity contribution in [3.05, 3.63) is 72.1 Å². The predicted molar refractivity (Wildman–Crippen MR) is 127 cm³/mol. The van der Waals surface area contributed by atoms with E-state index in [9.17, 15) is 4.79 Å². The first-order valence-electron chi connectivity index (χ1n) is 9.94. The molecular formula is C23H21N4O2S2+. The van der Waals surface area contributed by atoms with Crippen LogP contribution in [0.15, 0.2) is 45.8 Å². The van der Waals surface area contributed by atoms with Gasteiger partial charge in [-0.2, -0.15) is 9.55 Å². The van der Waals surface area contributed by atoms with E-state index in [-0.39, 0.29) is 5.56 Å². The molecule has 0 amide bonds. The summed E-state index contributed by atoms with van der Waals surface area (Å²) in [7, 11) is 3.98. The summed E-state index contributed by atoms with van der Waals surface area (Å²) in [6, 6.07) is 8.32. The second kappa shape index (κ2) is 7.79. The Balaban J connectivity index is 1.63. The van der Waals surface area contributed by atoms with Crippen LogP contribution in [0.1, 0.15) is 11.9 Å². The van der Waals surface area contributed by atoms with Gasteiger partial charge in [0.1, 0.15) is 16.4 Å². The molecule has 0 atom stereocenters. The topological polar surface area (TPSA) is 55.2 Å². The Bertz CT molecular complexity index is 1630. The molecule has 0 bridgehead atoms. The standard InChI is InChI=1S/C23H21N4O2S2/c1-4-27-21(14-20-26(3)15-8-5-6-10-17(15)30-20)31-18(23(27)28)11-12-19-24-22-16(29-19)9-7-13-25(22)2/h5-14H,4H2,1-3H3/q+1/b18-11-,19-12-. The Morgan fingerprint density at radius 2 is 2.06 bits per heavy atom. The van der Waals surface area contributed by atoms with E-state index in [1.807, 2.05) is 49.4 Å². The Kier molecular flexibility index (Phi) is 4.95. The third-order valence-corrected chi connectivity index (χ3v) is 7.44. The average Bonchev–Trinajstić information content (AvgIpc) is 3.42. The smallest absolute Gasteiger partial charge is 0.269 e. The largest absolute Gasteiger partial charge is 0.435 e. The maximum atomic E-state index is 13.0. The Hall–Kier alpha value is -3.23. The quantitative estimate of drug-likeness (QED) is 0.434. The molecule has 5 rings (SSSR count). The minimum atomic E-state index is 0.000399. The zero-order valence-electron chi connectivity index (χ0n) is 17.4. The van der Waals surface area contributed by atoms with Crippen LogP contribution in [-0.4, -0.2) is 16.6 Å². The van der Waals surface area contributed by atoms with Gasteiger partial charge >= 0.3 is 0 Å². The van der Waals surface area contributed by atoms with E-state index < -0.39 is 0 Å². The molecule has 0 spiro atoms. The molecule has 0 unspecified atom stereocenters. The Labute approximate surface area is 185 Å². The molecule has 0 saturated heterocycles. The number of hydrogen-bond acceptors (Lipinski definition) is 6. The molecule has 0 N–H and O–H groups in total. The number of benzene rings is 1. The van der Waals surface area contributed by atoms with Crippen molar-refractivity contribution >= 4 is 63.0 Å². The van der Waals surface area contributed by atoms with Crippen LogP contribution in [-0.2, 0) is 13.6 Å². The number of oxazole rings is 1. The summed E-state index contributed by atoms with van der Waals surface area (Å²) in [5.74, 6) is 0.769. The second-order valence-electron chi connectivity index (χ2n) is 7.16. The molecule has 0 saturated carbocycles. The van der Waals surface area contributed by atoms with Crippen molar-refractivity contribution in [3.8, 4) is 0 Å². The molecule has 4 heterocycles. The minimum absolute atomic E-state index is 0.000399. The normalized spacial score (nSPS) is 15.2. The number of aryl methyl sites for hydroxylation is 1. The lowest BCUT2D eigenvalue weighted by atomic mass is 10.3. The number of anilines is 1. The number of nitrogens with zero attached hydrogens (tertiary/aromatic N) is 4. The van der Waals surface area contributed by atoms with Gasteiger partial charge in [0.05, 0.1) is 10.6 Å². The molecule has 0 radical (unpaired) electrons. The highest BCUT2D eigenvalue weighted by Crippen LogP contribution is 2.19. The van der Waals surface area contributed by atoms with Crippen molar-refractivity contribution in [2.24, 2.45) is 7.05 Å². The van der Waals surface area contributed by atoms with Crippen molar-refractivity contribution in [1.82, 2.24) is 9.55 Å². The molecule has 4 aromatic rings. The Morgan fingerprint density at radius 1 is 1.23 bits per heavy atom. The zero-order chi connectivity index (χ0) is 21.5. The van der Waals surface area contributed by atoms with Gasteiger partial charge in [0.15, 0.2) is 11.2 Å². The molecule has 6 nitrogen and oxygen atoms in total. The van der Waals surface area contributed by atoms with E-state index in [4.69, 9.17) is 4.42 Å². The van der Waals surface area contributed by atoms with E-state index in [0.717, 1.165) is 15.5 Å². The molecule has 156 valence electrons. The molecule has 1 aromatic carbocycles. The maximum absolute atomic E-state index is 13.0. The summed E-state index contributed by atoms with van der Waals surface area (Å²) in [6.45, 7) is 2.60. The van der Waals surface area contributed by atoms with Gasteiger partial charge in [-0.1, -0.05) is 23.5 Å². The lowest BCUT2D eigenvalue weighted by Gasteiger charge is -2.10. The fraction of sp³-hybridized carbons (Fsp3) is 0.174. The summed E-state index contributed by atoms with van der Waals surface area (Å²) < 4.78 is 12.6. The van der Waals surface area contributed by atoms with Crippen molar-refractivity contribution < 1.29 is 8.98 Å². The highest BCUT2D eigenvalue weighted by Gasteiger charge is 2.15.